The molecule has 1 atom stereocenters. The fourth-order valence-corrected chi connectivity index (χ4v) is 0.945. The van der Waals surface area contributed by atoms with Crippen molar-refractivity contribution in [1.82, 2.24) is 5.32 Å². The van der Waals surface area contributed by atoms with Crippen molar-refractivity contribution in [2.24, 2.45) is 11.1 Å². The Labute approximate surface area is 69.9 Å². The van der Waals surface area contributed by atoms with Crippen molar-refractivity contribution in [2.45, 2.75) is 27.2 Å². The summed E-state index contributed by atoms with van der Waals surface area (Å²) in [5.41, 5.74) is 5.58. The number of hydrogen-bond acceptors (Lipinski definition) is 2. The van der Waals surface area contributed by atoms with Gasteiger partial charge in [-0.2, -0.15) is 0 Å². The van der Waals surface area contributed by atoms with Crippen molar-refractivity contribution in [3.63, 3.8) is 0 Å². The van der Waals surface area contributed by atoms with Crippen molar-refractivity contribution in [2.75, 3.05) is 13.1 Å². The highest BCUT2D eigenvalue weighted by molar-refractivity contribution is 4.95. The molecule has 0 aromatic carbocycles. The van der Waals surface area contributed by atoms with Gasteiger partial charge < -0.3 is 11.1 Å². The Hall–Kier alpha value is -0.500. The number of hydrogen-bond donors (Lipinski definition) is 2. The van der Waals surface area contributed by atoms with E-state index in [1.54, 1.807) is 6.20 Å². The molecule has 0 aliphatic rings. The van der Waals surface area contributed by atoms with Gasteiger partial charge in [-0.25, -0.2) is 0 Å². The van der Waals surface area contributed by atoms with Crippen LogP contribution in [0.4, 0.5) is 0 Å². The molecule has 0 spiro atoms. The average molecular weight is 156 g/mol. The SMILES string of the molecule is CCNCC(C)(C=CN)CC. The molecular formula is C9H20N2. The third kappa shape index (κ3) is 4.04. The van der Waals surface area contributed by atoms with E-state index in [1.807, 2.05) is 0 Å². The number of nitrogens with two attached hydrogens (primary N) is 1. The first-order chi connectivity index (χ1) is 5.18. The minimum absolute atomic E-state index is 0.227. The predicted octanol–water partition coefficient (Wildman–Crippen LogP) is 1.48. The molecule has 0 aliphatic heterocycles. The Morgan fingerprint density at radius 2 is 2.09 bits per heavy atom. The summed E-state index contributed by atoms with van der Waals surface area (Å²) in [6.07, 6.45) is 4.82. The lowest BCUT2D eigenvalue weighted by Gasteiger charge is -2.23. The van der Waals surface area contributed by atoms with Gasteiger partial charge in [0.2, 0.25) is 0 Å². The highest BCUT2D eigenvalue weighted by Crippen LogP contribution is 2.20. The van der Waals surface area contributed by atoms with E-state index < -0.39 is 0 Å². The average Bonchev–Trinajstić information content (AvgIpc) is 2.02. The smallest absolute Gasteiger partial charge is 0.00403 e. The summed E-state index contributed by atoms with van der Waals surface area (Å²) in [5, 5.41) is 3.32. The zero-order valence-corrected chi connectivity index (χ0v) is 7.85. The second kappa shape index (κ2) is 5.19. The van der Waals surface area contributed by atoms with Crippen molar-refractivity contribution < 1.29 is 0 Å². The third-order valence-corrected chi connectivity index (χ3v) is 2.09. The van der Waals surface area contributed by atoms with E-state index in [1.165, 1.54) is 0 Å². The van der Waals surface area contributed by atoms with Crippen LogP contribution in [0.3, 0.4) is 0 Å². The summed E-state index contributed by atoms with van der Waals surface area (Å²) < 4.78 is 0. The number of rotatable bonds is 5. The summed E-state index contributed by atoms with van der Waals surface area (Å²) in [6.45, 7) is 8.53. The van der Waals surface area contributed by atoms with Crippen molar-refractivity contribution in [3.05, 3.63) is 12.3 Å². The molecule has 0 bridgehead atoms. The van der Waals surface area contributed by atoms with Crippen LogP contribution < -0.4 is 11.1 Å². The molecule has 0 aromatic heterocycles. The van der Waals surface area contributed by atoms with Crippen LogP contribution in [0.25, 0.3) is 0 Å². The predicted molar refractivity (Wildman–Crippen MR) is 50.3 cm³/mol. The lowest BCUT2D eigenvalue weighted by atomic mass is 9.87. The van der Waals surface area contributed by atoms with E-state index in [9.17, 15) is 0 Å². The van der Waals surface area contributed by atoms with Crippen LogP contribution in [0, 0.1) is 5.41 Å². The second-order valence-electron chi connectivity index (χ2n) is 3.15. The van der Waals surface area contributed by atoms with Crippen LogP contribution in [-0.2, 0) is 0 Å². The molecule has 1 unspecified atom stereocenters. The van der Waals surface area contributed by atoms with Crippen LogP contribution in [0.2, 0.25) is 0 Å². The third-order valence-electron chi connectivity index (χ3n) is 2.09. The first-order valence-corrected chi connectivity index (χ1v) is 4.28. The quantitative estimate of drug-likeness (QED) is 0.633. The maximum absolute atomic E-state index is 5.35. The molecule has 0 radical (unpaired) electrons. The topological polar surface area (TPSA) is 38.0 Å². The van der Waals surface area contributed by atoms with Gasteiger partial charge in [0.25, 0.3) is 0 Å². The Morgan fingerprint density at radius 1 is 1.45 bits per heavy atom. The summed E-state index contributed by atoms with van der Waals surface area (Å²) in [4.78, 5) is 0. The molecule has 2 heteroatoms. The molecule has 0 heterocycles. The fourth-order valence-electron chi connectivity index (χ4n) is 0.945. The highest BCUT2D eigenvalue weighted by atomic mass is 14.9. The molecule has 0 aliphatic carbocycles. The fraction of sp³-hybridized carbons (Fsp3) is 0.778. The molecule has 11 heavy (non-hydrogen) atoms. The van der Waals surface area contributed by atoms with Crippen molar-refractivity contribution in [3.8, 4) is 0 Å². The summed E-state index contributed by atoms with van der Waals surface area (Å²) in [7, 11) is 0. The standard InChI is InChI=1S/C9H20N2/c1-4-9(3,6-7-10)8-11-5-2/h6-7,11H,4-5,8,10H2,1-3H3. The van der Waals surface area contributed by atoms with Crippen molar-refractivity contribution >= 4 is 0 Å². The van der Waals surface area contributed by atoms with E-state index in [2.05, 4.69) is 32.2 Å². The minimum Gasteiger partial charge on any atom is -0.405 e. The van der Waals surface area contributed by atoms with Gasteiger partial charge in [-0.1, -0.05) is 26.8 Å². The van der Waals surface area contributed by atoms with Gasteiger partial charge >= 0.3 is 0 Å². The molecule has 0 aromatic rings. The molecule has 0 saturated heterocycles. The van der Waals surface area contributed by atoms with E-state index in [0.29, 0.717) is 0 Å². The van der Waals surface area contributed by atoms with Crippen LogP contribution in [0.5, 0.6) is 0 Å². The Kier molecular flexibility index (Phi) is 4.95. The van der Waals surface area contributed by atoms with Gasteiger partial charge in [-0.15, -0.1) is 0 Å². The Bertz CT molecular complexity index is 121. The van der Waals surface area contributed by atoms with Gasteiger partial charge in [0.15, 0.2) is 0 Å². The molecule has 3 N–H and O–H groups in total. The zero-order chi connectivity index (χ0) is 8.74. The summed E-state index contributed by atoms with van der Waals surface area (Å²) in [5.74, 6) is 0. The molecular weight excluding hydrogens is 136 g/mol. The summed E-state index contributed by atoms with van der Waals surface area (Å²) >= 11 is 0. The van der Waals surface area contributed by atoms with Gasteiger partial charge in [0, 0.05) is 6.54 Å². The van der Waals surface area contributed by atoms with Gasteiger partial charge in [0.05, 0.1) is 0 Å². The van der Waals surface area contributed by atoms with Gasteiger partial charge in [-0.05, 0) is 24.6 Å². The first kappa shape index (κ1) is 10.5. The summed E-state index contributed by atoms with van der Waals surface area (Å²) in [6, 6.07) is 0. The van der Waals surface area contributed by atoms with E-state index in [0.717, 1.165) is 19.5 Å². The zero-order valence-electron chi connectivity index (χ0n) is 7.85. The van der Waals surface area contributed by atoms with Gasteiger partial charge in [0.1, 0.15) is 0 Å². The lowest BCUT2D eigenvalue weighted by molar-refractivity contribution is 0.383. The first-order valence-electron chi connectivity index (χ1n) is 4.28. The van der Waals surface area contributed by atoms with E-state index in [-0.39, 0.29) is 5.41 Å². The van der Waals surface area contributed by atoms with Crippen molar-refractivity contribution in [1.29, 1.82) is 0 Å². The lowest BCUT2D eigenvalue weighted by Crippen LogP contribution is -2.29. The normalized spacial score (nSPS) is 17.0. The van der Waals surface area contributed by atoms with Crippen LogP contribution in [0.1, 0.15) is 27.2 Å². The maximum atomic E-state index is 5.35. The molecule has 0 saturated carbocycles. The van der Waals surface area contributed by atoms with Crippen LogP contribution in [0.15, 0.2) is 12.3 Å². The molecule has 66 valence electrons. The Balaban J connectivity index is 3.88. The maximum Gasteiger partial charge on any atom is 0.00403 e. The van der Waals surface area contributed by atoms with Crippen LogP contribution in [-0.4, -0.2) is 13.1 Å². The highest BCUT2D eigenvalue weighted by Gasteiger charge is 2.16. The molecule has 0 fully saturated rings. The van der Waals surface area contributed by atoms with Gasteiger partial charge in [-0.3, -0.25) is 0 Å². The largest absolute Gasteiger partial charge is 0.405 e. The number of nitrogens with one attached hydrogen (secondary N) is 1. The molecule has 2 nitrogen and oxygen atoms in total. The second-order valence-corrected chi connectivity index (χ2v) is 3.15. The Morgan fingerprint density at radius 3 is 2.45 bits per heavy atom. The molecule has 0 amide bonds. The minimum atomic E-state index is 0.227. The molecule has 0 rings (SSSR count). The monoisotopic (exact) mass is 156 g/mol. The van der Waals surface area contributed by atoms with E-state index in [4.69, 9.17) is 5.73 Å². The van der Waals surface area contributed by atoms with E-state index >= 15 is 0 Å². The van der Waals surface area contributed by atoms with Crippen LogP contribution >= 0.6 is 0 Å².